The molecule has 2 rings (SSSR count). The third-order valence-electron chi connectivity index (χ3n) is 3.13. The van der Waals surface area contributed by atoms with Crippen molar-refractivity contribution in [2.75, 3.05) is 6.61 Å². The number of halogens is 1. The van der Waals surface area contributed by atoms with E-state index in [2.05, 4.69) is 38.6 Å². The first kappa shape index (κ1) is 17.2. The number of rotatable bonds is 7. The van der Waals surface area contributed by atoms with Gasteiger partial charge in [-0.25, -0.2) is 5.43 Å². The second-order valence-electron chi connectivity index (χ2n) is 5.09. The van der Waals surface area contributed by atoms with Gasteiger partial charge in [0.05, 0.1) is 4.47 Å². The van der Waals surface area contributed by atoms with Gasteiger partial charge in [-0.3, -0.25) is 4.79 Å². The Morgan fingerprint density at radius 1 is 1.26 bits per heavy atom. The third kappa shape index (κ3) is 6.24. The van der Waals surface area contributed by atoms with Crippen LogP contribution in [0.25, 0.3) is 0 Å². The lowest BCUT2D eigenvalue weighted by atomic mass is 10.1. The molecule has 0 heterocycles. The molecule has 0 aromatic heterocycles. The molecule has 0 aliphatic carbocycles. The molecule has 0 aliphatic rings. The van der Waals surface area contributed by atoms with Crippen molar-refractivity contribution in [2.24, 2.45) is 5.10 Å². The predicted octanol–water partition coefficient (Wildman–Crippen LogP) is 3.87. The van der Waals surface area contributed by atoms with Gasteiger partial charge in [0.2, 0.25) is 0 Å². The molecule has 5 heteroatoms. The van der Waals surface area contributed by atoms with E-state index < -0.39 is 0 Å². The molecule has 0 fully saturated rings. The summed E-state index contributed by atoms with van der Waals surface area (Å²) in [7, 11) is 0. The van der Waals surface area contributed by atoms with Crippen LogP contribution < -0.4 is 10.2 Å². The van der Waals surface area contributed by atoms with Crippen LogP contribution in [0.4, 0.5) is 0 Å². The Kier molecular flexibility index (Phi) is 6.81. The minimum absolute atomic E-state index is 0.0717. The van der Waals surface area contributed by atoms with E-state index in [1.807, 2.05) is 43.3 Å². The molecule has 120 valence electrons. The number of benzene rings is 2. The van der Waals surface area contributed by atoms with Crippen molar-refractivity contribution < 1.29 is 9.53 Å². The standard InChI is InChI=1S/C18H19BrN2O2/c1-14-9-10-17(16(19)12-14)23-13-18(22)21-20-11-5-8-15-6-3-2-4-7-15/h2-4,6-7,9-12H,5,8,13H2,1H3,(H,21,22). The summed E-state index contributed by atoms with van der Waals surface area (Å²) in [6.07, 6.45) is 3.37. The van der Waals surface area contributed by atoms with Crippen LogP contribution in [0.5, 0.6) is 5.75 Å². The number of ether oxygens (including phenoxy) is 1. The zero-order valence-corrected chi connectivity index (χ0v) is 14.5. The van der Waals surface area contributed by atoms with Crippen LogP contribution in [0.2, 0.25) is 0 Å². The highest BCUT2D eigenvalue weighted by Crippen LogP contribution is 2.25. The minimum Gasteiger partial charge on any atom is -0.483 e. The van der Waals surface area contributed by atoms with Gasteiger partial charge in [0, 0.05) is 6.21 Å². The first-order chi connectivity index (χ1) is 11.1. The third-order valence-corrected chi connectivity index (χ3v) is 3.75. The van der Waals surface area contributed by atoms with Crippen molar-refractivity contribution in [2.45, 2.75) is 19.8 Å². The first-order valence-electron chi connectivity index (χ1n) is 7.38. The van der Waals surface area contributed by atoms with Crippen LogP contribution in [0.15, 0.2) is 58.1 Å². The van der Waals surface area contributed by atoms with Crippen molar-refractivity contribution in [1.29, 1.82) is 0 Å². The van der Waals surface area contributed by atoms with E-state index in [0.29, 0.717) is 5.75 Å². The molecule has 0 radical (unpaired) electrons. The summed E-state index contributed by atoms with van der Waals surface area (Å²) in [5.74, 6) is 0.354. The zero-order valence-electron chi connectivity index (χ0n) is 13.0. The molecule has 4 nitrogen and oxygen atoms in total. The average molecular weight is 375 g/mol. The van der Waals surface area contributed by atoms with E-state index >= 15 is 0 Å². The molecular formula is C18H19BrN2O2. The molecule has 0 spiro atoms. The quantitative estimate of drug-likeness (QED) is 0.590. The number of carbonyl (C=O) groups is 1. The van der Waals surface area contributed by atoms with E-state index in [-0.39, 0.29) is 12.5 Å². The van der Waals surface area contributed by atoms with Crippen LogP contribution in [0.1, 0.15) is 17.5 Å². The summed E-state index contributed by atoms with van der Waals surface area (Å²) in [5, 5.41) is 3.92. The average Bonchev–Trinajstić information content (AvgIpc) is 2.54. The number of aryl methyl sites for hydroxylation is 2. The molecule has 0 atom stereocenters. The van der Waals surface area contributed by atoms with Gasteiger partial charge in [-0.2, -0.15) is 5.10 Å². The van der Waals surface area contributed by atoms with Crippen molar-refractivity contribution >= 4 is 28.1 Å². The molecule has 0 saturated heterocycles. The van der Waals surface area contributed by atoms with Crippen molar-refractivity contribution in [3.63, 3.8) is 0 Å². The molecule has 23 heavy (non-hydrogen) atoms. The molecule has 0 aliphatic heterocycles. The van der Waals surface area contributed by atoms with Crippen LogP contribution in [0, 0.1) is 6.92 Å². The summed E-state index contributed by atoms with van der Waals surface area (Å²) in [5.41, 5.74) is 4.83. The molecule has 2 aromatic carbocycles. The number of amides is 1. The Hall–Kier alpha value is -2.14. The largest absolute Gasteiger partial charge is 0.483 e. The Bertz CT molecular complexity index is 672. The second-order valence-corrected chi connectivity index (χ2v) is 5.95. The van der Waals surface area contributed by atoms with Crippen LogP contribution in [-0.4, -0.2) is 18.7 Å². The number of hydrogen-bond acceptors (Lipinski definition) is 3. The maximum absolute atomic E-state index is 11.7. The van der Waals surface area contributed by atoms with E-state index in [0.717, 1.165) is 22.9 Å². The molecule has 1 N–H and O–H groups in total. The summed E-state index contributed by atoms with van der Waals surface area (Å²) < 4.78 is 6.28. The van der Waals surface area contributed by atoms with E-state index in [1.165, 1.54) is 5.56 Å². The fourth-order valence-corrected chi connectivity index (χ4v) is 2.56. The molecule has 2 aromatic rings. The Balaban J connectivity index is 1.67. The number of hydrazone groups is 1. The lowest BCUT2D eigenvalue weighted by molar-refractivity contribution is -0.123. The highest BCUT2D eigenvalue weighted by Gasteiger charge is 2.04. The topological polar surface area (TPSA) is 50.7 Å². The zero-order chi connectivity index (χ0) is 16.5. The van der Waals surface area contributed by atoms with Crippen LogP contribution in [0.3, 0.4) is 0 Å². The van der Waals surface area contributed by atoms with Crippen molar-refractivity contribution in [3.8, 4) is 5.75 Å². The Morgan fingerprint density at radius 2 is 2.04 bits per heavy atom. The highest BCUT2D eigenvalue weighted by atomic mass is 79.9. The smallest absolute Gasteiger partial charge is 0.277 e. The lowest BCUT2D eigenvalue weighted by Crippen LogP contribution is -2.24. The van der Waals surface area contributed by atoms with Gasteiger partial charge < -0.3 is 4.74 Å². The number of carbonyl (C=O) groups excluding carboxylic acids is 1. The molecule has 0 unspecified atom stereocenters. The molecular weight excluding hydrogens is 356 g/mol. The van der Waals surface area contributed by atoms with Crippen LogP contribution >= 0.6 is 15.9 Å². The van der Waals surface area contributed by atoms with E-state index in [9.17, 15) is 4.79 Å². The number of nitrogens with one attached hydrogen (secondary N) is 1. The Morgan fingerprint density at radius 3 is 2.78 bits per heavy atom. The minimum atomic E-state index is -0.284. The predicted molar refractivity (Wildman–Crippen MR) is 95.8 cm³/mol. The van der Waals surface area contributed by atoms with Crippen molar-refractivity contribution in [1.82, 2.24) is 5.43 Å². The van der Waals surface area contributed by atoms with Gasteiger partial charge in [-0.05, 0) is 59.0 Å². The lowest BCUT2D eigenvalue weighted by Gasteiger charge is -2.07. The summed E-state index contributed by atoms with van der Waals surface area (Å²) in [6, 6.07) is 15.8. The van der Waals surface area contributed by atoms with E-state index in [4.69, 9.17) is 4.74 Å². The van der Waals surface area contributed by atoms with Gasteiger partial charge in [0.25, 0.3) is 5.91 Å². The maximum Gasteiger partial charge on any atom is 0.277 e. The monoisotopic (exact) mass is 374 g/mol. The fraction of sp³-hybridized carbons (Fsp3) is 0.222. The SMILES string of the molecule is Cc1ccc(OCC(=O)NN=CCCc2ccccc2)c(Br)c1. The van der Waals surface area contributed by atoms with Gasteiger partial charge in [0.1, 0.15) is 5.75 Å². The molecule has 0 saturated carbocycles. The van der Waals surface area contributed by atoms with Gasteiger partial charge >= 0.3 is 0 Å². The second kappa shape index (κ2) is 9.10. The highest BCUT2D eigenvalue weighted by molar-refractivity contribution is 9.10. The van der Waals surface area contributed by atoms with Gasteiger partial charge in [-0.15, -0.1) is 0 Å². The summed E-state index contributed by atoms with van der Waals surface area (Å²) >= 11 is 3.41. The molecule has 1 amide bonds. The van der Waals surface area contributed by atoms with Crippen LogP contribution in [-0.2, 0) is 11.2 Å². The molecule has 0 bridgehead atoms. The number of nitrogens with zero attached hydrogens (tertiary/aromatic N) is 1. The number of hydrogen-bond donors (Lipinski definition) is 1. The van der Waals surface area contributed by atoms with Gasteiger partial charge in [-0.1, -0.05) is 36.4 Å². The van der Waals surface area contributed by atoms with E-state index in [1.54, 1.807) is 6.21 Å². The van der Waals surface area contributed by atoms with Gasteiger partial charge in [0.15, 0.2) is 6.61 Å². The summed E-state index contributed by atoms with van der Waals surface area (Å²) in [6.45, 7) is 1.92. The van der Waals surface area contributed by atoms with Crippen molar-refractivity contribution in [3.05, 3.63) is 64.1 Å². The summed E-state index contributed by atoms with van der Waals surface area (Å²) in [4.78, 5) is 11.7. The first-order valence-corrected chi connectivity index (χ1v) is 8.17. The Labute approximate surface area is 144 Å². The maximum atomic E-state index is 11.7. The fourth-order valence-electron chi connectivity index (χ4n) is 1.96. The normalized spacial score (nSPS) is 10.7.